The van der Waals surface area contributed by atoms with Crippen LogP contribution in [0.5, 0.6) is 0 Å². The molecule has 1 atom stereocenters. The number of carboxylic acid groups (broad SMARTS) is 1. The zero-order chi connectivity index (χ0) is 15.0. The van der Waals surface area contributed by atoms with E-state index in [1.165, 1.54) is 29.7 Å². The molecule has 0 saturated heterocycles. The molecule has 4 N–H and O–H groups in total. The Labute approximate surface area is 125 Å². The van der Waals surface area contributed by atoms with Crippen molar-refractivity contribution in [1.29, 1.82) is 0 Å². The molecule has 21 heavy (non-hydrogen) atoms. The Morgan fingerprint density at radius 3 is 2.95 bits per heavy atom. The molecule has 0 bridgehead atoms. The van der Waals surface area contributed by atoms with Crippen molar-refractivity contribution in [1.82, 2.24) is 10.3 Å². The van der Waals surface area contributed by atoms with Crippen LogP contribution in [0.4, 0.5) is 0 Å². The summed E-state index contributed by atoms with van der Waals surface area (Å²) in [7, 11) is 0. The zero-order valence-corrected chi connectivity index (χ0v) is 12.0. The molecule has 3 rings (SSSR count). The van der Waals surface area contributed by atoms with Crippen molar-refractivity contribution in [2.24, 2.45) is 5.73 Å². The van der Waals surface area contributed by atoms with Crippen molar-refractivity contribution >= 4 is 33.4 Å². The Kier molecular flexibility index (Phi) is 3.60. The number of carboxylic acids is 1. The summed E-state index contributed by atoms with van der Waals surface area (Å²) in [5, 5.41) is 11.2. The van der Waals surface area contributed by atoms with Gasteiger partial charge in [-0.05, 0) is 36.5 Å². The highest BCUT2D eigenvalue weighted by Gasteiger charge is 2.27. The minimum absolute atomic E-state index is 0.0919. The quantitative estimate of drug-likeness (QED) is 0.772. The second-order valence-electron chi connectivity index (χ2n) is 5.15. The van der Waals surface area contributed by atoms with Gasteiger partial charge in [-0.25, -0.2) is 0 Å². The number of thiophene rings is 1. The van der Waals surface area contributed by atoms with Gasteiger partial charge in [0.1, 0.15) is 6.04 Å². The van der Waals surface area contributed by atoms with Crippen LogP contribution in [-0.4, -0.2) is 34.6 Å². The topological polar surface area (TPSA) is 105 Å². The number of carbonyl (C=O) groups is 2. The Morgan fingerprint density at radius 1 is 1.52 bits per heavy atom. The van der Waals surface area contributed by atoms with Crippen LogP contribution in [0.2, 0.25) is 0 Å². The van der Waals surface area contributed by atoms with Gasteiger partial charge < -0.3 is 16.2 Å². The Bertz CT molecular complexity index is 709. The molecule has 7 heteroatoms. The summed E-state index contributed by atoms with van der Waals surface area (Å²) in [5.41, 5.74) is 7.44. The number of rotatable bonds is 5. The molecule has 0 aromatic carbocycles. The molecular formula is C14H15N3O3S. The number of aliphatic carboxylic acids is 1. The molecular weight excluding hydrogens is 290 g/mol. The van der Waals surface area contributed by atoms with Crippen molar-refractivity contribution < 1.29 is 14.7 Å². The minimum atomic E-state index is -1.13. The van der Waals surface area contributed by atoms with Crippen LogP contribution in [0.3, 0.4) is 0 Å². The highest BCUT2D eigenvalue weighted by molar-refractivity contribution is 7.21. The van der Waals surface area contributed by atoms with E-state index in [-0.39, 0.29) is 12.5 Å². The molecule has 0 radical (unpaired) electrons. The van der Waals surface area contributed by atoms with E-state index in [2.05, 4.69) is 10.3 Å². The van der Waals surface area contributed by atoms with Crippen LogP contribution in [-0.2, 0) is 4.79 Å². The fraction of sp³-hybridized carbons (Fsp3) is 0.357. The Balaban J connectivity index is 1.79. The van der Waals surface area contributed by atoms with E-state index in [0.717, 1.165) is 10.2 Å². The first-order valence-electron chi connectivity index (χ1n) is 6.71. The number of pyridine rings is 1. The fourth-order valence-corrected chi connectivity index (χ4v) is 3.29. The average molecular weight is 305 g/mol. The molecule has 1 saturated carbocycles. The first-order chi connectivity index (χ1) is 10.1. The predicted octanol–water partition coefficient (Wildman–Crippen LogP) is 1.32. The Morgan fingerprint density at radius 2 is 2.29 bits per heavy atom. The van der Waals surface area contributed by atoms with Crippen LogP contribution in [0.15, 0.2) is 18.3 Å². The van der Waals surface area contributed by atoms with E-state index in [4.69, 9.17) is 10.8 Å². The summed E-state index contributed by atoms with van der Waals surface area (Å²) in [4.78, 5) is 27.5. The summed E-state index contributed by atoms with van der Waals surface area (Å²) >= 11 is 1.40. The molecule has 0 aliphatic heterocycles. The predicted molar refractivity (Wildman–Crippen MR) is 79.5 cm³/mol. The number of aromatic nitrogens is 1. The van der Waals surface area contributed by atoms with Crippen LogP contribution < -0.4 is 11.1 Å². The van der Waals surface area contributed by atoms with Crippen molar-refractivity contribution in [3.63, 3.8) is 0 Å². The number of hydrogen-bond donors (Lipinski definition) is 3. The maximum atomic E-state index is 12.1. The number of hydrogen-bond acceptors (Lipinski definition) is 5. The zero-order valence-electron chi connectivity index (χ0n) is 11.2. The molecule has 1 aliphatic rings. The van der Waals surface area contributed by atoms with Gasteiger partial charge in [0, 0.05) is 12.7 Å². The van der Waals surface area contributed by atoms with Crippen LogP contribution in [0.1, 0.15) is 34.0 Å². The van der Waals surface area contributed by atoms with Crippen molar-refractivity contribution in [3.05, 3.63) is 28.8 Å². The molecule has 1 amide bonds. The van der Waals surface area contributed by atoms with E-state index in [9.17, 15) is 9.59 Å². The van der Waals surface area contributed by atoms with Gasteiger partial charge in [0.25, 0.3) is 5.91 Å². The van der Waals surface area contributed by atoms with E-state index in [1.54, 1.807) is 12.3 Å². The van der Waals surface area contributed by atoms with Gasteiger partial charge in [-0.15, -0.1) is 11.3 Å². The monoisotopic (exact) mass is 305 g/mol. The number of nitrogens with one attached hydrogen (secondary N) is 1. The number of amides is 1. The lowest BCUT2D eigenvalue weighted by Crippen LogP contribution is -2.42. The van der Waals surface area contributed by atoms with E-state index in [0.29, 0.717) is 10.8 Å². The minimum Gasteiger partial charge on any atom is -0.480 e. The summed E-state index contributed by atoms with van der Waals surface area (Å²) in [6.07, 6.45) is 4.14. The van der Waals surface area contributed by atoms with E-state index < -0.39 is 12.0 Å². The summed E-state index contributed by atoms with van der Waals surface area (Å²) in [6, 6.07) is 2.66. The molecule has 1 aliphatic carbocycles. The second kappa shape index (κ2) is 5.42. The van der Waals surface area contributed by atoms with Crippen LogP contribution in [0.25, 0.3) is 10.2 Å². The molecule has 1 fully saturated rings. The smallest absolute Gasteiger partial charge is 0.322 e. The van der Waals surface area contributed by atoms with Crippen molar-refractivity contribution in [2.75, 3.05) is 6.54 Å². The third kappa shape index (κ3) is 2.88. The maximum absolute atomic E-state index is 12.1. The number of fused-ring (bicyclic) bond motifs is 1. The average Bonchev–Trinajstić information content (AvgIpc) is 3.21. The molecule has 2 aromatic rings. The van der Waals surface area contributed by atoms with Crippen molar-refractivity contribution in [2.45, 2.75) is 24.8 Å². The summed E-state index contributed by atoms with van der Waals surface area (Å²) in [6.45, 7) is -0.0919. The van der Waals surface area contributed by atoms with Crippen LogP contribution >= 0.6 is 11.3 Å². The van der Waals surface area contributed by atoms with Gasteiger partial charge in [0.15, 0.2) is 0 Å². The van der Waals surface area contributed by atoms with Gasteiger partial charge in [0.2, 0.25) is 0 Å². The first kappa shape index (κ1) is 14.0. The van der Waals surface area contributed by atoms with Crippen LogP contribution in [0, 0.1) is 0 Å². The van der Waals surface area contributed by atoms with E-state index in [1.807, 2.05) is 6.07 Å². The molecule has 0 spiro atoms. The third-order valence-corrected chi connectivity index (χ3v) is 4.66. The fourth-order valence-electron chi connectivity index (χ4n) is 2.16. The van der Waals surface area contributed by atoms with Crippen molar-refractivity contribution in [3.8, 4) is 0 Å². The first-order valence-corrected chi connectivity index (χ1v) is 7.53. The molecule has 110 valence electrons. The van der Waals surface area contributed by atoms with Gasteiger partial charge in [-0.1, -0.05) is 0 Å². The molecule has 2 heterocycles. The lowest BCUT2D eigenvalue weighted by molar-refractivity contribution is -0.138. The van der Waals surface area contributed by atoms with Gasteiger partial charge >= 0.3 is 5.97 Å². The lowest BCUT2D eigenvalue weighted by Gasteiger charge is -2.06. The number of nitrogens with two attached hydrogens (primary N) is 1. The highest BCUT2D eigenvalue weighted by Crippen LogP contribution is 2.44. The molecule has 1 unspecified atom stereocenters. The largest absolute Gasteiger partial charge is 0.480 e. The van der Waals surface area contributed by atoms with Gasteiger partial charge in [-0.2, -0.15) is 0 Å². The van der Waals surface area contributed by atoms with Gasteiger partial charge in [0.05, 0.1) is 15.1 Å². The summed E-state index contributed by atoms with van der Waals surface area (Å²) in [5.74, 6) is -0.855. The maximum Gasteiger partial charge on any atom is 0.322 e. The molecule has 6 nitrogen and oxygen atoms in total. The molecule has 2 aromatic heterocycles. The standard InChI is InChI=1S/C14H15N3O3S/c15-9(14(19)20)6-17-13(18)11-5-10-12(21-11)8(3-4-16-10)7-1-2-7/h3-5,7,9H,1-2,6,15H2,(H,17,18)(H,19,20). The highest BCUT2D eigenvalue weighted by atomic mass is 32.1. The lowest BCUT2D eigenvalue weighted by atomic mass is 10.1. The SMILES string of the molecule is NC(CNC(=O)c1cc2nccc(C3CC3)c2s1)C(=O)O. The third-order valence-electron chi connectivity index (χ3n) is 3.48. The van der Waals surface area contributed by atoms with Gasteiger partial charge in [-0.3, -0.25) is 14.6 Å². The van der Waals surface area contributed by atoms with E-state index >= 15 is 0 Å². The number of nitrogens with zero attached hydrogens (tertiary/aromatic N) is 1. The number of carbonyl (C=O) groups excluding carboxylic acids is 1. The second-order valence-corrected chi connectivity index (χ2v) is 6.21. The normalized spacial score (nSPS) is 15.9. The Hall–Kier alpha value is -1.99. The summed E-state index contributed by atoms with van der Waals surface area (Å²) < 4.78 is 1.05.